The third-order valence-electron chi connectivity index (χ3n) is 10.9. The van der Waals surface area contributed by atoms with E-state index in [1.54, 1.807) is 6.08 Å². The summed E-state index contributed by atoms with van der Waals surface area (Å²) in [6.07, 6.45) is 15.9. The molecule has 5 nitrogen and oxygen atoms in total. The van der Waals surface area contributed by atoms with Crippen LogP contribution >= 0.6 is 0 Å². The highest BCUT2D eigenvalue weighted by Gasteiger charge is 2.65. The summed E-state index contributed by atoms with van der Waals surface area (Å²) in [7, 11) is 0. The number of allylic oxidation sites excluding steroid dienone is 1. The SMILES string of the molecule is C#CCNC(=O)/C=C/CC[C@@H](C)[C@H]1CC[C@H]2C3[C@H](O)C[C@@H]4C[C@H](O)CC[C@]4(C)[C@H]3C[C@H](O)[C@]12C. The number of carbonyl (C=O) groups is 1. The molecule has 5 heteroatoms. The van der Waals surface area contributed by atoms with Crippen LogP contribution in [0.4, 0.5) is 0 Å². The molecule has 0 spiro atoms. The Balaban J connectivity index is 1.45. The number of hydrogen-bond donors (Lipinski definition) is 4. The van der Waals surface area contributed by atoms with Gasteiger partial charge in [-0.1, -0.05) is 32.8 Å². The monoisotopic (exact) mass is 471 g/mol. The minimum atomic E-state index is -0.353. The molecule has 4 N–H and O–H groups in total. The topological polar surface area (TPSA) is 89.8 Å². The lowest BCUT2D eigenvalue weighted by Crippen LogP contribution is -2.62. The maximum Gasteiger partial charge on any atom is 0.244 e. The smallest absolute Gasteiger partial charge is 0.244 e. The van der Waals surface area contributed by atoms with Crippen LogP contribution in [0.5, 0.6) is 0 Å². The van der Waals surface area contributed by atoms with Crippen LogP contribution in [0.3, 0.4) is 0 Å². The number of hydrogen-bond acceptors (Lipinski definition) is 4. The zero-order valence-corrected chi connectivity index (χ0v) is 21.2. The Hall–Kier alpha value is -1.35. The van der Waals surface area contributed by atoms with Crippen LogP contribution in [0.2, 0.25) is 0 Å². The van der Waals surface area contributed by atoms with E-state index in [0.29, 0.717) is 29.6 Å². The van der Waals surface area contributed by atoms with Gasteiger partial charge in [0.1, 0.15) is 0 Å². The summed E-state index contributed by atoms with van der Waals surface area (Å²) in [5, 5.41) is 36.0. The van der Waals surface area contributed by atoms with Gasteiger partial charge < -0.3 is 20.6 Å². The Labute approximate surface area is 205 Å². The lowest BCUT2D eigenvalue weighted by molar-refractivity contribution is -0.207. The highest BCUT2D eigenvalue weighted by Crippen LogP contribution is 2.68. The molecule has 34 heavy (non-hydrogen) atoms. The first-order valence-corrected chi connectivity index (χ1v) is 13.5. The first-order valence-electron chi connectivity index (χ1n) is 13.5. The second-order valence-corrected chi connectivity index (χ2v) is 12.4. The summed E-state index contributed by atoms with van der Waals surface area (Å²) in [5.41, 5.74) is -0.0627. The molecule has 0 aromatic rings. The van der Waals surface area contributed by atoms with Crippen molar-refractivity contribution < 1.29 is 20.1 Å². The van der Waals surface area contributed by atoms with E-state index >= 15 is 0 Å². The van der Waals surface area contributed by atoms with Crippen molar-refractivity contribution in [1.29, 1.82) is 0 Å². The minimum absolute atomic E-state index is 0.111. The molecule has 1 amide bonds. The van der Waals surface area contributed by atoms with Crippen molar-refractivity contribution in [1.82, 2.24) is 5.32 Å². The number of carbonyl (C=O) groups excluding carboxylic acids is 1. The molecule has 4 rings (SSSR count). The lowest BCUT2D eigenvalue weighted by atomic mass is 9.43. The van der Waals surface area contributed by atoms with Crippen molar-refractivity contribution >= 4 is 5.91 Å². The van der Waals surface area contributed by atoms with Crippen LogP contribution in [0.25, 0.3) is 0 Å². The van der Waals surface area contributed by atoms with Crippen LogP contribution in [-0.2, 0) is 4.79 Å². The van der Waals surface area contributed by atoms with Crippen molar-refractivity contribution in [2.75, 3.05) is 6.54 Å². The van der Waals surface area contributed by atoms with Gasteiger partial charge in [0.05, 0.1) is 24.9 Å². The van der Waals surface area contributed by atoms with Crippen molar-refractivity contribution in [3.63, 3.8) is 0 Å². The number of amides is 1. The van der Waals surface area contributed by atoms with Gasteiger partial charge in [-0.15, -0.1) is 6.42 Å². The van der Waals surface area contributed by atoms with Crippen LogP contribution in [0.15, 0.2) is 12.2 Å². The van der Waals surface area contributed by atoms with Crippen molar-refractivity contribution in [2.45, 2.75) is 96.9 Å². The van der Waals surface area contributed by atoms with E-state index in [1.807, 2.05) is 6.08 Å². The zero-order chi connectivity index (χ0) is 24.7. The Morgan fingerprint density at radius 1 is 1.15 bits per heavy atom. The van der Waals surface area contributed by atoms with Crippen molar-refractivity contribution in [3.8, 4) is 12.3 Å². The van der Waals surface area contributed by atoms with Crippen molar-refractivity contribution in [2.24, 2.45) is 46.3 Å². The van der Waals surface area contributed by atoms with E-state index in [-0.39, 0.29) is 47.5 Å². The first-order chi connectivity index (χ1) is 16.1. The molecule has 4 saturated carbocycles. The number of terminal acetylenes is 1. The van der Waals surface area contributed by atoms with Gasteiger partial charge in [0.25, 0.3) is 0 Å². The molecule has 4 aliphatic carbocycles. The van der Waals surface area contributed by atoms with Gasteiger partial charge in [-0.25, -0.2) is 0 Å². The molecule has 0 saturated heterocycles. The fourth-order valence-electron chi connectivity index (χ4n) is 9.08. The second kappa shape index (κ2) is 9.96. The summed E-state index contributed by atoms with van der Waals surface area (Å²) < 4.78 is 0. The summed E-state index contributed by atoms with van der Waals surface area (Å²) in [4.78, 5) is 11.7. The van der Waals surface area contributed by atoms with Gasteiger partial charge in [0.2, 0.25) is 5.91 Å². The second-order valence-electron chi connectivity index (χ2n) is 12.4. The van der Waals surface area contributed by atoms with Crippen LogP contribution < -0.4 is 5.32 Å². The van der Waals surface area contributed by atoms with E-state index in [9.17, 15) is 20.1 Å². The molecule has 0 radical (unpaired) electrons. The number of fused-ring (bicyclic) bond motifs is 5. The minimum Gasteiger partial charge on any atom is -0.393 e. The molecule has 0 aromatic carbocycles. The van der Waals surface area contributed by atoms with E-state index in [1.165, 1.54) is 0 Å². The molecular formula is C29H45NO4. The first kappa shape index (κ1) is 25.7. The van der Waals surface area contributed by atoms with E-state index in [0.717, 1.165) is 57.8 Å². The third kappa shape index (κ3) is 4.36. The Morgan fingerprint density at radius 2 is 1.91 bits per heavy atom. The summed E-state index contributed by atoms with van der Waals surface area (Å²) >= 11 is 0. The van der Waals surface area contributed by atoms with E-state index in [4.69, 9.17) is 6.42 Å². The summed E-state index contributed by atoms with van der Waals surface area (Å²) in [6, 6.07) is 0. The molecule has 0 heterocycles. The van der Waals surface area contributed by atoms with Gasteiger partial charge in [-0.2, -0.15) is 0 Å². The van der Waals surface area contributed by atoms with Gasteiger partial charge in [-0.3, -0.25) is 4.79 Å². The van der Waals surface area contributed by atoms with Crippen LogP contribution in [0, 0.1) is 58.7 Å². The Kier molecular flexibility index (Phi) is 7.54. The normalized spacial score (nSPS) is 46.7. The maximum absolute atomic E-state index is 11.7. The molecule has 0 bridgehead atoms. The number of aliphatic hydroxyl groups is 3. The Morgan fingerprint density at radius 3 is 2.65 bits per heavy atom. The average molecular weight is 472 g/mol. The zero-order valence-electron chi connectivity index (χ0n) is 21.2. The summed E-state index contributed by atoms with van der Waals surface area (Å²) in [6.45, 7) is 7.21. The van der Waals surface area contributed by atoms with Gasteiger partial charge in [0.15, 0.2) is 0 Å². The molecular weight excluding hydrogens is 426 g/mol. The number of nitrogens with one attached hydrogen (secondary N) is 1. The van der Waals surface area contributed by atoms with E-state index < -0.39 is 0 Å². The molecule has 190 valence electrons. The van der Waals surface area contributed by atoms with Gasteiger partial charge in [-0.05, 0) is 110 Å². The standard InChI is InChI=1S/C29H45NO4/c1-5-14-30-26(34)9-7-6-8-18(2)21-10-11-22-27-23(17-25(33)29(21,22)4)28(3)13-12-20(31)15-19(28)16-24(27)32/h1,7,9,18-25,27,31-33H,6,8,10-17H2,2-4H3,(H,30,34)/b9-7+/t18-,19+,20-,21-,22+,23+,24-,25+,27?,28+,29-/m1/s1. The molecule has 4 fully saturated rings. The highest BCUT2D eigenvalue weighted by atomic mass is 16.3. The molecule has 0 aromatic heterocycles. The van der Waals surface area contributed by atoms with Crippen molar-refractivity contribution in [3.05, 3.63) is 12.2 Å². The third-order valence-corrected chi connectivity index (χ3v) is 10.9. The number of aliphatic hydroxyl groups excluding tert-OH is 3. The quantitative estimate of drug-likeness (QED) is 0.351. The predicted octanol–water partition coefficient (Wildman–Crippen LogP) is 3.67. The fourth-order valence-corrected chi connectivity index (χ4v) is 9.08. The van der Waals surface area contributed by atoms with Crippen LogP contribution in [-0.4, -0.2) is 46.1 Å². The molecule has 4 aliphatic rings. The van der Waals surface area contributed by atoms with Crippen LogP contribution in [0.1, 0.15) is 78.6 Å². The molecule has 11 atom stereocenters. The average Bonchev–Trinajstić information content (AvgIpc) is 3.15. The van der Waals surface area contributed by atoms with Gasteiger partial charge >= 0.3 is 0 Å². The Bertz CT molecular complexity index is 819. The fraction of sp³-hybridized carbons (Fsp3) is 0.828. The lowest BCUT2D eigenvalue weighted by Gasteiger charge is -2.63. The number of rotatable bonds is 6. The molecule has 0 aliphatic heterocycles. The van der Waals surface area contributed by atoms with E-state index in [2.05, 4.69) is 32.0 Å². The highest BCUT2D eigenvalue weighted by molar-refractivity contribution is 5.87. The summed E-state index contributed by atoms with van der Waals surface area (Å²) in [5.74, 6) is 4.39. The van der Waals surface area contributed by atoms with Gasteiger partial charge in [0, 0.05) is 0 Å². The largest absolute Gasteiger partial charge is 0.393 e. The molecule has 1 unspecified atom stereocenters. The predicted molar refractivity (Wildman–Crippen MR) is 133 cm³/mol. The maximum atomic E-state index is 11.7.